The van der Waals surface area contributed by atoms with Crippen molar-refractivity contribution in [1.29, 1.82) is 0 Å². The average Bonchev–Trinajstić information content (AvgIpc) is 3.83. The summed E-state index contributed by atoms with van der Waals surface area (Å²) in [5, 5.41) is 0. The molecule has 9 atom stereocenters. The number of halogens is 1. The summed E-state index contributed by atoms with van der Waals surface area (Å²) in [5.74, 6) is 1.16. The number of aromatic amines is 4. The molecule has 6 rings (SSSR count). The highest BCUT2D eigenvalue weighted by Crippen LogP contribution is 2.34. The summed E-state index contributed by atoms with van der Waals surface area (Å²) >= 11 is 5.76. The number of nitrogens with one attached hydrogen (secondary N) is 4. The monoisotopic (exact) mass is 792 g/mol. The lowest BCUT2D eigenvalue weighted by molar-refractivity contribution is -0.00765. The Kier molecular flexibility index (Phi) is 16.9. The van der Waals surface area contributed by atoms with Gasteiger partial charge in [-0.05, 0) is 43.9 Å². The molecule has 55 heavy (non-hydrogen) atoms. The van der Waals surface area contributed by atoms with Gasteiger partial charge in [0.05, 0.1) is 47.7 Å². The molecule has 0 bridgehead atoms. The summed E-state index contributed by atoms with van der Waals surface area (Å²) in [4.78, 5) is 107. The van der Waals surface area contributed by atoms with Crippen LogP contribution in [0.25, 0.3) is 0 Å². The lowest BCUT2D eigenvalue weighted by Gasteiger charge is -2.19. The zero-order chi connectivity index (χ0) is 41.0. The number of rotatable bonds is 8. The first-order valence-corrected chi connectivity index (χ1v) is 18.5. The minimum Gasteiger partial charge on any atom is -0.376 e. The number of carbonyl (C=O) groups excluding carboxylic acids is 3. The van der Waals surface area contributed by atoms with E-state index in [1.165, 1.54) is 21.5 Å². The van der Waals surface area contributed by atoms with Crippen molar-refractivity contribution in [3.8, 4) is 0 Å². The number of nitrogens with zero attached hydrogens (tertiary/aromatic N) is 2. The van der Waals surface area contributed by atoms with Crippen LogP contribution in [0.1, 0.15) is 117 Å². The van der Waals surface area contributed by atoms with Crippen LogP contribution in [0.3, 0.4) is 0 Å². The number of H-pyrrole nitrogens is 4. The summed E-state index contributed by atoms with van der Waals surface area (Å²) in [7, 11) is 0. The number of hydrogen-bond acceptors (Lipinski definition) is 12. The van der Waals surface area contributed by atoms with Crippen molar-refractivity contribution in [2.24, 2.45) is 17.8 Å². The van der Waals surface area contributed by atoms with E-state index in [2.05, 4.69) is 35.7 Å². The lowest BCUT2D eigenvalue weighted by Crippen LogP contribution is -2.36. The zero-order valence-corrected chi connectivity index (χ0v) is 32.3. The second-order valence-electron chi connectivity index (χ2n) is 13.5. The van der Waals surface area contributed by atoms with E-state index in [0.717, 1.165) is 31.9 Å². The molecule has 302 valence electrons. The minimum atomic E-state index is -0.668. The summed E-state index contributed by atoms with van der Waals surface area (Å²) in [6.45, 7) is 12.9. The first-order valence-electron chi connectivity index (χ1n) is 18.1. The van der Waals surface area contributed by atoms with Gasteiger partial charge in [0.2, 0.25) is 0 Å². The van der Waals surface area contributed by atoms with E-state index in [1.54, 1.807) is 0 Å². The van der Waals surface area contributed by atoms with E-state index in [9.17, 15) is 43.2 Å². The van der Waals surface area contributed by atoms with Crippen LogP contribution >= 0.6 is 11.6 Å². The van der Waals surface area contributed by atoms with Crippen molar-refractivity contribution < 1.29 is 28.6 Å². The summed E-state index contributed by atoms with van der Waals surface area (Å²) in [6, 6.07) is -0.141. The number of hydrogen-bond donors (Lipinski definition) is 4. The fraction of sp³-hybridized carbons (Fsp3) is 0.583. The molecule has 18 nitrogen and oxygen atoms in total. The second kappa shape index (κ2) is 20.8. The smallest absolute Gasteiger partial charge is 0.330 e. The molecule has 0 aliphatic carbocycles. The fourth-order valence-electron chi connectivity index (χ4n) is 6.60. The largest absolute Gasteiger partial charge is 0.376 e. The third-order valence-electron chi connectivity index (χ3n) is 9.82. The third kappa shape index (κ3) is 11.6. The first kappa shape index (κ1) is 44.6. The minimum absolute atomic E-state index is 0.0232. The quantitative estimate of drug-likeness (QED) is 0.189. The number of alkyl halides is 1. The summed E-state index contributed by atoms with van der Waals surface area (Å²) in [6.07, 6.45) is 9.66. The Morgan fingerprint density at radius 1 is 0.691 bits per heavy atom. The van der Waals surface area contributed by atoms with Crippen LogP contribution in [-0.2, 0) is 14.2 Å². The zero-order valence-electron chi connectivity index (χ0n) is 31.6. The van der Waals surface area contributed by atoms with Crippen molar-refractivity contribution in [3.63, 3.8) is 0 Å². The topological polar surface area (TPSA) is 254 Å². The lowest BCUT2D eigenvalue weighted by atomic mass is 9.97. The van der Waals surface area contributed by atoms with Crippen molar-refractivity contribution in [2.45, 2.75) is 110 Å². The molecule has 0 radical (unpaired) electrons. The van der Waals surface area contributed by atoms with Crippen LogP contribution in [0.4, 0.5) is 0 Å². The van der Waals surface area contributed by atoms with Crippen LogP contribution in [0.15, 0.2) is 47.4 Å². The molecule has 19 heteroatoms. The maximum atomic E-state index is 11.8. The molecule has 0 amide bonds. The Morgan fingerprint density at radius 3 is 1.62 bits per heavy atom. The average molecular weight is 793 g/mol. The molecule has 3 unspecified atom stereocenters. The molecule has 3 aliphatic rings. The van der Waals surface area contributed by atoms with Gasteiger partial charge >= 0.3 is 17.1 Å². The molecule has 3 saturated heterocycles. The predicted molar refractivity (Wildman–Crippen MR) is 201 cm³/mol. The van der Waals surface area contributed by atoms with Crippen molar-refractivity contribution in [2.75, 3.05) is 6.61 Å². The van der Waals surface area contributed by atoms with Gasteiger partial charge in [-0.25, -0.2) is 14.4 Å². The van der Waals surface area contributed by atoms with Crippen molar-refractivity contribution in [1.82, 2.24) is 29.1 Å². The van der Waals surface area contributed by atoms with E-state index < -0.39 is 40.0 Å². The molecule has 0 spiro atoms. The molecule has 6 heterocycles. The van der Waals surface area contributed by atoms with Gasteiger partial charge in [0.15, 0.2) is 18.9 Å². The number of aldehydes is 3. The first-order chi connectivity index (χ1) is 26.1. The van der Waals surface area contributed by atoms with E-state index >= 15 is 0 Å². The summed E-state index contributed by atoms with van der Waals surface area (Å²) in [5.41, 5.74) is -3.84. The van der Waals surface area contributed by atoms with E-state index in [0.29, 0.717) is 49.8 Å². The van der Waals surface area contributed by atoms with E-state index in [4.69, 9.17) is 25.8 Å². The number of carbonyl (C=O) groups is 3. The Balaban J connectivity index is 0.000000206. The van der Waals surface area contributed by atoms with E-state index in [-0.39, 0.29) is 46.4 Å². The van der Waals surface area contributed by atoms with Crippen molar-refractivity contribution in [3.05, 3.63) is 97.8 Å². The normalized spacial score (nSPS) is 26.7. The number of aromatic nitrogens is 6. The van der Waals surface area contributed by atoms with Crippen molar-refractivity contribution >= 4 is 30.5 Å². The maximum Gasteiger partial charge on any atom is 0.330 e. The molecular weight excluding hydrogens is 744 g/mol. The Morgan fingerprint density at radius 2 is 1.18 bits per heavy atom. The van der Waals surface area contributed by atoms with Crippen LogP contribution in [0.5, 0.6) is 0 Å². The Labute approximate surface area is 319 Å². The second-order valence-corrected chi connectivity index (χ2v) is 14.0. The Bertz CT molecular complexity index is 2120. The van der Waals surface area contributed by atoms with Gasteiger partial charge in [0.1, 0.15) is 11.8 Å². The van der Waals surface area contributed by atoms with Crippen LogP contribution in [0, 0.1) is 17.8 Å². The molecule has 3 fully saturated rings. The predicted octanol–water partition coefficient (Wildman–Crippen LogP) is 2.28. The molecule has 3 aliphatic heterocycles. The molecule has 0 saturated carbocycles. The highest BCUT2D eigenvalue weighted by molar-refractivity contribution is 6.19. The highest BCUT2D eigenvalue weighted by Gasteiger charge is 2.35. The third-order valence-corrected chi connectivity index (χ3v) is 10.1. The molecule has 0 aromatic carbocycles. The molecule has 3 aromatic rings. The number of ether oxygens (including phenoxy) is 3. The van der Waals surface area contributed by atoms with Gasteiger partial charge in [-0.1, -0.05) is 53.1 Å². The van der Waals surface area contributed by atoms with Gasteiger partial charge in [-0.3, -0.25) is 52.9 Å². The molecule has 3 aromatic heterocycles. The van der Waals surface area contributed by atoms with Gasteiger partial charge < -0.3 is 19.2 Å². The highest BCUT2D eigenvalue weighted by atomic mass is 35.5. The van der Waals surface area contributed by atoms with Crippen LogP contribution in [0.2, 0.25) is 0 Å². The van der Waals surface area contributed by atoms with Crippen LogP contribution < -0.4 is 33.7 Å². The molecular formula is C36H49ClN6O12. The molecule has 4 N–H and O–H groups in total. The van der Waals surface area contributed by atoms with Gasteiger partial charge in [0.25, 0.3) is 16.7 Å². The fourth-order valence-corrected chi connectivity index (χ4v) is 7.01. The standard InChI is InChI=1S/2C12H16N2O4.C7H13ClO.C5H4N2O3/c1-3-10-7(2)9(6-18-10)14-4-8(5-15)11(16)13-12(14)17;1-3-9-7(2)4-10(18-9)14-5-8(6-15)11(16)13-12(14)17;1-3-6-5(2)4-7(8)9-6;8-2-3-1-6-5(10)7-4(3)9/h4-5,7,9-10H,3,6H2,1-2H3,(H,13,16,17);5-7,9-10H,3-4H2,1-2H3,(H,13,16,17);5-7H,3-4H2,1-2H3;1-2H,(H2,6,7,9,10)/t7-,9?,10+;7-,9+,10?;5-,6+,7?;/m000./s1. The maximum absolute atomic E-state index is 11.8. The van der Waals surface area contributed by atoms with Crippen LogP contribution in [-0.4, -0.2) is 78.4 Å². The van der Waals surface area contributed by atoms with Gasteiger partial charge in [-0.2, -0.15) is 0 Å². The SMILES string of the molecule is CC[C@H]1OC(Cl)C[C@@H]1C.CC[C@H]1OC(n2cc(C=O)c(=O)[nH]c2=O)C[C@@H]1C.CC[C@H]1OCC(n2cc(C=O)c(=O)[nH]c2=O)[C@@H]1C.O=Cc1c[nH]c(=O)[nH]c1=O. The van der Waals surface area contributed by atoms with Gasteiger partial charge in [-0.15, -0.1) is 0 Å². The Hall–Kier alpha value is -4.78. The van der Waals surface area contributed by atoms with E-state index in [1.807, 2.05) is 25.8 Å². The van der Waals surface area contributed by atoms with Gasteiger partial charge in [0, 0.05) is 24.5 Å². The summed E-state index contributed by atoms with van der Waals surface area (Å²) < 4.78 is 19.4.